The third-order valence-corrected chi connectivity index (χ3v) is 3.02. The van der Waals surface area contributed by atoms with Gasteiger partial charge in [0.1, 0.15) is 5.82 Å². The van der Waals surface area contributed by atoms with E-state index in [1.54, 1.807) is 23.9 Å². The van der Waals surface area contributed by atoms with Crippen LogP contribution in [0.4, 0.5) is 5.82 Å². The summed E-state index contributed by atoms with van der Waals surface area (Å²) >= 11 is 0. The first-order valence-corrected chi connectivity index (χ1v) is 6.48. The largest absolute Gasteiger partial charge is 0.385 e. The normalized spacial score (nSPS) is 10.8. The molecule has 2 aromatic heterocycles. The summed E-state index contributed by atoms with van der Waals surface area (Å²) in [6.07, 6.45) is 2.71. The molecule has 0 fully saturated rings. The second-order valence-electron chi connectivity index (χ2n) is 4.32. The van der Waals surface area contributed by atoms with Crippen LogP contribution in [0.1, 0.15) is 13.3 Å². The van der Waals surface area contributed by atoms with Crippen LogP contribution in [0.25, 0.3) is 10.9 Å². The molecule has 5 nitrogen and oxygen atoms in total. The zero-order valence-corrected chi connectivity index (χ0v) is 11.3. The number of methoxy groups -OCH3 is 1. The van der Waals surface area contributed by atoms with Crippen LogP contribution in [0.3, 0.4) is 0 Å². The molecule has 0 unspecified atom stereocenters. The molecule has 0 radical (unpaired) electrons. The molecule has 2 aromatic rings. The molecule has 0 spiro atoms. The van der Waals surface area contributed by atoms with Crippen LogP contribution in [0.2, 0.25) is 0 Å². The number of pyridine rings is 2. The minimum Gasteiger partial charge on any atom is -0.385 e. The van der Waals surface area contributed by atoms with E-state index in [-0.39, 0.29) is 5.56 Å². The average molecular weight is 261 g/mol. The Morgan fingerprint density at radius 2 is 2.26 bits per heavy atom. The van der Waals surface area contributed by atoms with Crippen LogP contribution in [0, 0.1) is 0 Å². The van der Waals surface area contributed by atoms with Crippen molar-refractivity contribution in [2.75, 3.05) is 25.6 Å². The van der Waals surface area contributed by atoms with Gasteiger partial charge in [-0.1, -0.05) is 0 Å². The van der Waals surface area contributed by atoms with E-state index in [1.165, 1.54) is 0 Å². The molecule has 0 aromatic carbocycles. The first-order valence-electron chi connectivity index (χ1n) is 6.48. The maximum atomic E-state index is 11.8. The number of nitrogens with zero attached hydrogens (tertiary/aromatic N) is 2. The summed E-state index contributed by atoms with van der Waals surface area (Å²) in [5.74, 6) is 0.788. The number of ether oxygens (including phenoxy) is 1. The molecule has 2 heterocycles. The van der Waals surface area contributed by atoms with Gasteiger partial charge in [0, 0.05) is 50.5 Å². The first-order chi connectivity index (χ1) is 9.26. The van der Waals surface area contributed by atoms with Gasteiger partial charge in [-0.3, -0.25) is 4.79 Å². The summed E-state index contributed by atoms with van der Waals surface area (Å²) in [5, 5.41) is 4.21. The van der Waals surface area contributed by atoms with Crippen LogP contribution < -0.4 is 10.9 Å². The minimum absolute atomic E-state index is 0.0199. The molecule has 0 aliphatic heterocycles. The van der Waals surface area contributed by atoms with E-state index < -0.39 is 0 Å². The van der Waals surface area contributed by atoms with Gasteiger partial charge in [0.25, 0.3) is 5.56 Å². The van der Waals surface area contributed by atoms with Crippen LogP contribution in [-0.2, 0) is 11.3 Å². The number of nitrogens with one attached hydrogen (secondary N) is 1. The first kappa shape index (κ1) is 13.5. The zero-order chi connectivity index (χ0) is 13.7. The van der Waals surface area contributed by atoms with E-state index in [2.05, 4.69) is 10.3 Å². The summed E-state index contributed by atoms with van der Waals surface area (Å²) in [6.45, 7) is 4.14. The maximum Gasteiger partial charge on any atom is 0.251 e. The fraction of sp³-hybridized carbons (Fsp3) is 0.429. The van der Waals surface area contributed by atoms with Gasteiger partial charge >= 0.3 is 0 Å². The highest BCUT2D eigenvalue weighted by atomic mass is 16.5. The number of aromatic nitrogens is 2. The monoisotopic (exact) mass is 261 g/mol. The molecule has 1 N–H and O–H groups in total. The minimum atomic E-state index is 0.0199. The Bertz CT molecular complexity index is 607. The van der Waals surface area contributed by atoms with E-state index in [1.807, 2.05) is 19.1 Å². The third-order valence-electron chi connectivity index (χ3n) is 3.02. The Kier molecular flexibility index (Phi) is 4.52. The lowest BCUT2D eigenvalue weighted by Crippen LogP contribution is -2.18. The van der Waals surface area contributed by atoms with Gasteiger partial charge in [0.2, 0.25) is 0 Å². The van der Waals surface area contributed by atoms with E-state index in [9.17, 15) is 4.79 Å². The summed E-state index contributed by atoms with van der Waals surface area (Å²) in [7, 11) is 1.69. The van der Waals surface area contributed by atoms with Gasteiger partial charge in [-0.05, 0) is 19.4 Å². The van der Waals surface area contributed by atoms with Crippen molar-refractivity contribution in [3.8, 4) is 0 Å². The van der Waals surface area contributed by atoms with Crippen molar-refractivity contribution >= 4 is 16.7 Å². The van der Waals surface area contributed by atoms with Crippen molar-refractivity contribution in [1.82, 2.24) is 9.55 Å². The molecule has 2 rings (SSSR count). The van der Waals surface area contributed by atoms with Gasteiger partial charge in [0.15, 0.2) is 0 Å². The SMILES string of the molecule is CCn1c(=O)ccc2cnc(NCCCOC)cc21. The smallest absolute Gasteiger partial charge is 0.251 e. The quantitative estimate of drug-likeness (QED) is 0.806. The Morgan fingerprint density at radius 3 is 3.00 bits per heavy atom. The van der Waals surface area contributed by atoms with Crippen LogP contribution in [0.5, 0.6) is 0 Å². The van der Waals surface area contributed by atoms with Gasteiger partial charge in [-0.25, -0.2) is 4.98 Å². The van der Waals surface area contributed by atoms with Crippen molar-refractivity contribution in [2.45, 2.75) is 19.9 Å². The maximum absolute atomic E-state index is 11.8. The standard InChI is InChI=1S/C14H19N3O2/c1-3-17-12-9-13(15-7-4-8-19-2)16-10-11(12)5-6-14(17)18/h5-6,9-10H,3-4,7-8H2,1-2H3,(H,15,16). The molecule has 19 heavy (non-hydrogen) atoms. The van der Waals surface area contributed by atoms with Crippen molar-refractivity contribution in [1.29, 1.82) is 0 Å². The molecule has 5 heteroatoms. The molecule has 102 valence electrons. The van der Waals surface area contributed by atoms with Crippen LogP contribution in [0.15, 0.2) is 29.2 Å². The van der Waals surface area contributed by atoms with E-state index >= 15 is 0 Å². The molecular weight excluding hydrogens is 242 g/mol. The Balaban J connectivity index is 2.26. The highest BCUT2D eigenvalue weighted by Gasteiger charge is 2.03. The number of hydrogen-bond donors (Lipinski definition) is 1. The Hall–Kier alpha value is -1.88. The number of anilines is 1. The summed E-state index contributed by atoms with van der Waals surface area (Å²) in [4.78, 5) is 16.1. The van der Waals surface area contributed by atoms with Crippen molar-refractivity contribution < 1.29 is 4.74 Å². The third kappa shape index (κ3) is 3.12. The van der Waals surface area contributed by atoms with E-state index in [0.717, 1.165) is 36.3 Å². The molecule has 0 aliphatic carbocycles. The summed E-state index contributed by atoms with van der Waals surface area (Å²) in [5.41, 5.74) is 0.936. The molecule has 0 saturated heterocycles. The fourth-order valence-electron chi connectivity index (χ4n) is 2.04. The number of hydrogen-bond acceptors (Lipinski definition) is 4. The van der Waals surface area contributed by atoms with Crippen molar-refractivity contribution in [3.63, 3.8) is 0 Å². The van der Waals surface area contributed by atoms with Gasteiger partial charge in [0.05, 0.1) is 5.52 Å². The topological polar surface area (TPSA) is 56.2 Å². The highest BCUT2D eigenvalue weighted by Crippen LogP contribution is 2.14. The molecule has 0 saturated carbocycles. The molecular formula is C14H19N3O2. The van der Waals surface area contributed by atoms with E-state index in [4.69, 9.17) is 4.74 Å². The van der Waals surface area contributed by atoms with Crippen molar-refractivity contribution in [3.05, 3.63) is 34.7 Å². The van der Waals surface area contributed by atoms with Crippen LogP contribution in [-0.4, -0.2) is 29.8 Å². The molecule has 0 aliphatic rings. The lowest BCUT2D eigenvalue weighted by molar-refractivity contribution is 0.198. The zero-order valence-electron chi connectivity index (χ0n) is 11.3. The average Bonchev–Trinajstić information content (AvgIpc) is 2.43. The predicted molar refractivity (Wildman–Crippen MR) is 76.7 cm³/mol. The summed E-state index contributed by atoms with van der Waals surface area (Å²) in [6, 6.07) is 5.32. The van der Waals surface area contributed by atoms with Gasteiger partial charge < -0.3 is 14.6 Å². The molecule has 0 bridgehead atoms. The lowest BCUT2D eigenvalue weighted by Gasteiger charge is -2.10. The highest BCUT2D eigenvalue weighted by molar-refractivity contribution is 5.80. The number of fused-ring (bicyclic) bond motifs is 1. The fourth-order valence-corrected chi connectivity index (χ4v) is 2.04. The Morgan fingerprint density at radius 1 is 1.42 bits per heavy atom. The number of rotatable bonds is 6. The predicted octanol–water partition coefficient (Wildman–Crippen LogP) is 1.86. The lowest BCUT2D eigenvalue weighted by atomic mass is 10.2. The Labute approximate surface area is 112 Å². The van der Waals surface area contributed by atoms with Gasteiger partial charge in [-0.15, -0.1) is 0 Å². The molecule has 0 amide bonds. The second-order valence-corrected chi connectivity index (χ2v) is 4.32. The molecule has 0 atom stereocenters. The van der Waals surface area contributed by atoms with Crippen LogP contribution >= 0.6 is 0 Å². The van der Waals surface area contributed by atoms with Gasteiger partial charge in [-0.2, -0.15) is 0 Å². The summed E-state index contributed by atoms with van der Waals surface area (Å²) < 4.78 is 6.74. The van der Waals surface area contributed by atoms with E-state index in [0.29, 0.717) is 6.54 Å². The second kappa shape index (κ2) is 6.33. The van der Waals surface area contributed by atoms with Crippen molar-refractivity contribution in [2.24, 2.45) is 0 Å². The number of aryl methyl sites for hydroxylation is 1.